The van der Waals surface area contributed by atoms with Gasteiger partial charge >= 0.3 is 0 Å². The van der Waals surface area contributed by atoms with Crippen molar-refractivity contribution in [3.8, 4) is 0 Å². The number of hydrogen-bond donors (Lipinski definition) is 2. The number of nitrogens with zero attached hydrogens (tertiary/aromatic N) is 2. The van der Waals surface area contributed by atoms with E-state index in [-0.39, 0.29) is 17.8 Å². The molecule has 0 bridgehead atoms. The Morgan fingerprint density at radius 1 is 1.37 bits per heavy atom. The standard InChI is InChI=1S/C14H19N3O2/c1-9-6-10(2)8-11(7-9)14(18)17-5-3-4-12(17)13(15)16-19/h6-8,12,19H,3-5H2,1-2H3,(H2,15,16). The first-order valence-electron chi connectivity index (χ1n) is 6.39. The maximum absolute atomic E-state index is 12.5. The molecule has 0 radical (unpaired) electrons. The normalized spacial score (nSPS) is 19.8. The zero-order valence-corrected chi connectivity index (χ0v) is 11.3. The van der Waals surface area contributed by atoms with Crippen molar-refractivity contribution in [3.63, 3.8) is 0 Å². The third-order valence-electron chi connectivity index (χ3n) is 3.44. The molecule has 1 unspecified atom stereocenters. The molecule has 102 valence electrons. The highest BCUT2D eigenvalue weighted by molar-refractivity contribution is 5.98. The van der Waals surface area contributed by atoms with E-state index in [1.54, 1.807) is 4.90 Å². The fourth-order valence-electron chi connectivity index (χ4n) is 2.65. The number of amidine groups is 1. The summed E-state index contributed by atoms with van der Waals surface area (Å²) >= 11 is 0. The second kappa shape index (κ2) is 5.30. The number of carbonyl (C=O) groups excluding carboxylic acids is 1. The minimum absolute atomic E-state index is 0.0547. The molecule has 2 rings (SSSR count). The molecule has 19 heavy (non-hydrogen) atoms. The van der Waals surface area contributed by atoms with Crippen LogP contribution in [0.1, 0.15) is 34.3 Å². The van der Waals surface area contributed by atoms with Crippen molar-refractivity contribution >= 4 is 11.7 Å². The average molecular weight is 261 g/mol. The Hall–Kier alpha value is -2.04. The summed E-state index contributed by atoms with van der Waals surface area (Å²) < 4.78 is 0. The van der Waals surface area contributed by atoms with E-state index in [0.29, 0.717) is 12.1 Å². The molecule has 5 heteroatoms. The zero-order valence-electron chi connectivity index (χ0n) is 11.3. The van der Waals surface area contributed by atoms with Crippen LogP contribution in [0, 0.1) is 13.8 Å². The van der Waals surface area contributed by atoms with Crippen molar-refractivity contribution in [3.05, 3.63) is 34.9 Å². The van der Waals surface area contributed by atoms with Gasteiger partial charge in [0.15, 0.2) is 5.84 Å². The Balaban J connectivity index is 2.28. The van der Waals surface area contributed by atoms with Gasteiger partial charge in [0.1, 0.15) is 0 Å². The van der Waals surface area contributed by atoms with Crippen LogP contribution in [0.3, 0.4) is 0 Å². The highest BCUT2D eigenvalue weighted by Gasteiger charge is 2.32. The summed E-state index contributed by atoms with van der Waals surface area (Å²) in [6, 6.07) is 5.48. The maximum atomic E-state index is 12.5. The molecule has 0 aliphatic carbocycles. The lowest BCUT2D eigenvalue weighted by Gasteiger charge is -2.24. The van der Waals surface area contributed by atoms with E-state index >= 15 is 0 Å². The highest BCUT2D eigenvalue weighted by Crippen LogP contribution is 2.21. The lowest BCUT2D eigenvalue weighted by Crippen LogP contribution is -2.43. The minimum Gasteiger partial charge on any atom is -0.409 e. The van der Waals surface area contributed by atoms with E-state index in [4.69, 9.17) is 10.9 Å². The van der Waals surface area contributed by atoms with Crippen LogP contribution in [-0.4, -0.2) is 34.4 Å². The minimum atomic E-state index is -0.293. The number of hydrogen-bond acceptors (Lipinski definition) is 3. The number of amides is 1. The summed E-state index contributed by atoms with van der Waals surface area (Å²) in [6.45, 7) is 4.58. The molecule has 1 aromatic rings. The first-order chi connectivity index (χ1) is 9.02. The molecular formula is C14H19N3O2. The smallest absolute Gasteiger partial charge is 0.254 e. The number of nitrogens with two attached hydrogens (primary N) is 1. The van der Waals surface area contributed by atoms with Gasteiger partial charge in [0.25, 0.3) is 5.91 Å². The molecule has 1 amide bonds. The second-order valence-corrected chi connectivity index (χ2v) is 5.06. The van der Waals surface area contributed by atoms with Crippen molar-refractivity contribution in [1.82, 2.24) is 4.90 Å². The quantitative estimate of drug-likeness (QED) is 0.368. The Bertz CT molecular complexity index is 505. The molecule has 1 aliphatic heterocycles. The lowest BCUT2D eigenvalue weighted by molar-refractivity contribution is 0.0767. The van der Waals surface area contributed by atoms with Crippen LogP contribution >= 0.6 is 0 Å². The molecule has 0 aromatic heterocycles. The number of likely N-dealkylation sites (tertiary alicyclic amines) is 1. The first kappa shape index (κ1) is 13.4. The highest BCUT2D eigenvalue weighted by atomic mass is 16.4. The van der Waals surface area contributed by atoms with E-state index in [2.05, 4.69) is 5.16 Å². The van der Waals surface area contributed by atoms with Gasteiger partial charge in [-0.3, -0.25) is 4.79 Å². The van der Waals surface area contributed by atoms with Gasteiger partial charge in [-0.25, -0.2) is 0 Å². The summed E-state index contributed by atoms with van der Waals surface area (Å²) in [5.74, 6) is 0.0520. The Labute approximate surface area is 112 Å². The fraction of sp³-hybridized carbons (Fsp3) is 0.429. The van der Waals surface area contributed by atoms with E-state index in [0.717, 1.165) is 24.0 Å². The number of oxime groups is 1. The molecule has 0 saturated carbocycles. The lowest BCUT2D eigenvalue weighted by atomic mass is 10.1. The van der Waals surface area contributed by atoms with Crippen molar-refractivity contribution in [2.24, 2.45) is 10.9 Å². The van der Waals surface area contributed by atoms with Crippen LogP contribution in [0.2, 0.25) is 0 Å². The van der Waals surface area contributed by atoms with Gasteiger partial charge in [0.05, 0.1) is 6.04 Å². The van der Waals surface area contributed by atoms with Gasteiger partial charge in [-0.05, 0) is 38.8 Å². The molecule has 1 atom stereocenters. The summed E-state index contributed by atoms with van der Waals surface area (Å²) in [6.07, 6.45) is 1.61. The molecular weight excluding hydrogens is 242 g/mol. The van der Waals surface area contributed by atoms with Crippen LogP contribution in [-0.2, 0) is 0 Å². The molecule has 1 fully saturated rings. The van der Waals surface area contributed by atoms with Crippen LogP contribution in [0.25, 0.3) is 0 Å². The van der Waals surface area contributed by atoms with Gasteiger partial charge < -0.3 is 15.8 Å². The number of benzene rings is 1. The first-order valence-corrected chi connectivity index (χ1v) is 6.39. The predicted octanol–water partition coefficient (Wildman–Crippen LogP) is 1.65. The molecule has 1 saturated heterocycles. The number of aryl methyl sites for hydroxylation is 2. The molecule has 0 spiro atoms. The Kier molecular flexibility index (Phi) is 3.74. The van der Waals surface area contributed by atoms with Crippen LogP contribution in [0.5, 0.6) is 0 Å². The summed E-state index contributed by atoms with van der Waals surface area (Å²) in [5, 5.41) is 11.8. The summed E-state index contributed by atoms with van der Waals surface area (Å²) in [7, 11) is 0. The largest absolute Gasteiger partial charge is 0.409 e. The van der Waals surface area contributed by atoms with Gasteiger partial charge in [0, 0.05) is 12.1 Å². The zero-order chi connectivity index (χ0) is 14.0. The molecule has 5 nitrogen and oxygen atoms in total. The molecule has 3 N–H and O–H groups in total. The average Bonchev–Trinajstić information content (AvgIpc) is 2.84. The Morgan fingerprint density at radius 3 is 2.58 bits per heavy atom. The van der Waals surface area contributed by atoms with Crippen LogP contribution < -0.4 is 5.73 Å². The van der Waals surface area contributed by atoms with Gasteiger partial charge in [0.2, 0.25) is 0 Å². The molecule has 1 heterocycles. The summed E-state index contributed by atoms with van der Waals surface area (Å²) in [5.41, 5.74) is 8.43. The third-order valence-corrected chi connectivity index (χ3v) is 3.44. The molecule has 1 aliphatic rings. The van der Waals surface area contributed by atoms with E-state index in [1.165, 1.54) is 0 Å². The van der Waals surface area contributed by atoms with Crippen molar-refractivity contribution in [2.45, 2.75) is 32.7 Å². The number of carbonyl (C=O) groups is 1. The molecule has 1 aromatic carbocycles. The van der Waals surface area contributed by atoms with Crippen molar-refractivity contribution in [1.29, 1.82) is 0 Å². The van der Waals surface area contributed by atoms with E-state index < -0.39 is 0 Å². The topological polar surface area (TPSA) is 78.9 Å². The van der Waals surface area contributed by atoms with Crippen LogP contribution in [0.4, 0.5) is 0 Å². The van der Waals surface area contributed by atoms with Gasteiger partial charge in [-0.15, -0.1) is 0 Å². The van der Waals surface area contributed by atoms with Gasteiger partial charge in [-0.1, -0.05) is 22.3 Å². The Morgan fingerprint density at radius 2 is 2.00 bits per heavy atom. The fourth-order valence-corrected chi connectivity index (χ4v) is 2.65. The SMILES string of the molecule is Cc1cc(C)cc(C(=O)N2CCCC2C(N)=NO)c1. The van der Waals surface area contributed by atoms with Crippen molar-refractivity contribution in [2.75, 3.05) is 6.54 Å². The van der Waals surface area contributed by atoms with E-state index in [9.17, 15) is 4.79 Å². The number of rotatable bonds is 2. The van der Waals surface area contributed by atoms with Crippen molar-refractivity contribution < 1.29 is 10.0 Å². The summed E-state index contributed by atoms with van der Waals surface area (Å²) in [4.78, 5) is 14.2. The maximum Gasteiger partial charge on any atom is 0.254 e. The van der Waals surface area contributed by atoms with Crippen LogP contribution in [0.15, 0.2) is 23.4 Å². The monoisotopic (exact) mass is 261 g/mol. The second-order valence-electron chi connectivity index (χ2n) is 5.06. The van der Waals surface area contributed by atoms with Gasteiger partial charge in [-0.2, -0.15) is 0 Å². The third kappa shape index (κ3) is 2.70. The van der Waals surface area contributed by atoms with E-state index in [1.807, 2.05) is 32.0 Å². The predicted molar refractivity (Wildman–Crippen MR) is 73.4 cm³/mol.